The van der Waals surface area contributed by atoms with Crippen LogP contribution in [-0.2, 0) is 17.8 Å². The topological polar surface area (TPSA) is 78.3 Å². The third-order valence-corrected chi connectivity index (χ3v) is 5.67. The van der Waals surface area contributed by atoms with Crippen LogP contribution in [0, 0.1) is 6.92 Å². The number of para-hydroxylation sites is 1. The molecule has 8 heteroatoms. The molecule has 2 aromatic carbocycles. The Kier molecular flexibility index (Phi) is 8.74. The largest absolute Gasteiger partial charge is 0.497 e. The molecule has 0 saturated carbocycles. The summed E-state index contributed by atoms with van der Waals surface area (Å²) in [5.41, 5.74) is 1.84. The Morgan fingerprint density at radius 2 is 1.97 bits per heavy atom. The Balaban J connectivity index is 1.51. The first-order chi connectivity index (χ1) is 15.6. The lowest BCUT2D eigenvalue weighted by Crippen LogP contribution is -2.14. The highest BCUT2D eigenvalue weighted by atomic mass is 32.2. The summed E-state index contributed by atoms with van der Waals surface area (Å²) >= 11 is 1.35. The number of ether oxygens (including phenoxy) is 2. The maximum atomic E-state index is 12.3. The van der Waals surface area contributed by atoms with Gasteiger partial charge < -0.3 is 19.4 Å². The highest BCUT2D eigenvalue weighted by Gasteiger charge is 2.14. The summed E-state index contributed by atoms with van der Waals surface area (Å²) in [4.78, 5) is 12.3. The van der Waals surface area contributed by atoms with Crippen molar-refractivity contribution in [2.45, 2.75) is 31.5 Å². The molecule has 168 valence electrons. The minimum absolute atomic E-state index is 0.110. The lowest BCUT2D eigenvalue weighted by atomic mass is 10.2. The first-order valence-corrected chi connectivity index (χ1v) is 11.4. The van der Waals surface area contributed by atoms with Gasteiger partial charge in [-0.3, -0.25) is 4.79 Å². The molecule has 0 aliphatic rings. The zero-order chi connectivity index (χ0) is 22.8. The van der Waals surface area contributed by atoms with E-state index in [9.17, 15) is 4.79 Å². The maximum absolute atomic E-state index is 12.3. The van der Waals surface area contributed by atoms with E-state index in [1.54, 1.807) is 37.5 Å². The van der Waals surface area contributed by atoms with Crippen LogP contribution in [0.1, 0.15) is 17.8 Å². The number of nitrogens with zero attached hydrogens (tertiary/aromatic N) is 3. The van der Waals surface area contributed by atoms with Gasteiger partial charge in [0.15, 0.2) is 5.16 Å². The van der Waals surface area contributed by atoms with Gasteiger partial charge in [0, 0.05) is 18.7 Å². The number of hydrogen-bond acceptors (Lipinski definition) is 6. The fourth-order valence-corrected chi connectivity index (χ4v) is 3.82. The molecule has 0 bridgehead atoms. The van der Waals surface area contributed by atoms with Crippen LogP contribution in [0.5, 0.6) is 11.5 Å². The molecule has 32 heavy (non-hydrogen) atoms. The second-order valence-electron chi connectivity index (χ2n) is 7.08. The SMILES string of the molecule is C=CCn1c(CCCOc2ccccc2C)nnc1SCC(=O)Nc1ccc(OC)cc1. The number of benzene rings is 2. The number of carbonyl (C=O) groups excluding carboxylic acids is 1. The van der Waals surface area contributed by atoms with Crippen molar-refractivity contribution in [2.75, 3.05) is 24.8 Å². The van der Waals surface area contributed by atoms with Gasteiger partial charge >= 0.3 is 0 Å². The lowest BCUT2D eigenvalue weighted by Gasteiger charge is -2.10. The molecule has 3 aromatic rings. The van der Waals surface area contributed by atoms with Gasteiger partial charge in [0.2, 0.25) is 5.91 Å². The molecule has 0 saturated heterocycles. The summed E-state index contributed by atoms with van der Waals surface area (Å²) in [5.74, 6) is 2.63. The number of nitrogens with one attached hydrogen (secondary N) is 1. The number of amides is 1. The Morgan fingerprint density at radius 3 is 2.69 bits per heavy atom. The van der Waals surface area contributed by atoms with Gasteiger partial charge in [-0.25, -0.2) is 0 Å². The van der Waals surface area contributed by atoms with Crippen molar-refractivity contribution < 1.29 is 14.3 Å². The summed E-state index contributed by atoms with van der Waals surface area (Å²) in [7, 11) is 1.61. The number of aryl methyl sites for hydroxylation is 2. The van der Waals surface area contributed by atoms with E-state index in [0.29, 0.717) is 18.3 Å². The van der Waals surface area contributed by atoms with Crippen LogP contribution in [0.25, 0.3) is 0 Å². The van der Waals surface area contributed by atoms with E-state index in [2.05, 4.69) is 22.1 Å². The molecule has 0 fully saturated rings. The molecule has 0 aliphatic carbocycles. The van der Waals surface area contributed by atoms with Crippen molar-refractivity contribution in [2.24, 2.45) is 0 Å². The van der Waals surface area contributed by atoms with E-state index in [0.717, 1.165) is 41.4 Å². The predicted octanol–water partition coefficient (Wildman–Crippen LogP) is 4.52. The van der Waals surface area contributed by atoms with Gasteiger partial charge in [-0.15, -0.1) is 16.8 Å². The lowest BCUT2D eigenvalue weighted by molar-refractivity contribution is -0.113. The fourth-order valence-electron chi connectivity index (χ4n) is 3.06. The van der Waals surface area contributed by atoms with Gasteiger partial charge in [-0.2, -0.15) is 0 Å². The van der Waals surface area contributed by atoms with Crippen molar-refractivity contribution >= 4 is 23.4 Å². The van der Waals surface area contributed by atoms with Gasteiger partial charge in [-0.1, -0.05) is 36.0 Å². The molecule has 1 amide bonds. The van der Waals surface area contributed by atoms with Crippen molar-refractivity contribution in [1.29, 1.82) is 0 Å². The maximum Gasteiger partial charge on any atom is 0.234 e. The molecule has 0 atom stereocenters. The smallest absolute Gasteiger partial charge is 0.234 e. The summed E-state index contributed by atoms with van der Waals surface area (Å²) in [6.07, 6.45) is 3.34. The molecule has 0 aliphatic heterocycles. The number of carbonyl (C=O) groups is 1. The minimum Gasteiger partial charge on any atom is -0.497 e. The summed E-state index contributed by atoms with van der Waals surface area (Å²) in [6.45, 7) is 7.04. The van der Waals surface area contributed by atoms with Gasteiger partial charge in [0.1, 0.15) is 17.3 Å². The predicted molar refractivity (Wildman–Crippen MR) is 128 cm³/mol. The summed E-state index contributed by atoms with van der Waals surface area (Å²) in [6, 6.07) is 15.2. The average molecular weight is 453 g/mol. The molecule has 1 aromatic heterocycles. The fraction of sp³-hybridized carbons (Fsp3) is 0.292. The van der Waals surface area contributed by atoms with Crippen LogP contribution < -0.4 is 14.8 Å². The number of rotatable bonds is 12. The van der Waals surface area contributed by atoms with Crippen LogP contribution in [0.2, 0.25) is 0 Å². The van der Waals surface area contributed by atoms with Gasteiger partial charge in [0.25, 0.3) is 0 Å². The second-order valence-corrected chi connectivity index (χ2v) is 8.02. The average Bonchev–Trinajstić information content (AvgIpc) is 3.18. The third kappa shape index (κ3) is 6.62. The standard InChI is InChI=1S/C24H28N4O3S/c1-4-15-28-22(10-7-16-31-21-9-6-5-8-18(21)2)26-27-24(28)32-17-23(29)25-19-11-13-20(30-3)14-12-19/h4-6,8-9,11-14H,1,7,10,15-17H2,2-3H3,(H,25,29). The number of anilines is 1. The number of allylic oxidation sites excluding steroid dienone is 1. The number of hydrogen-bond donors (Lipinski definition) is 1. The van der Waals surface area contributed by atoms with E-state index in [1.807, 2.05) is 35.8 Å². The molecular formula is C24H28N4O3S. The molecule has 1 heterocycles. The van der Waals surface area contributed by atoms with E-state index < -0.39 is 0 Å². The van der Waals surface area contributed by atoms with Crippen LogP contribution in [0.3, 0.4) is 0 Å². The highest BCUT2D eigenvalue weighted by molar-refractivity contribution is 7.99. The Bertz CT molecular complexity index is 1030. The van der Waals surface area contributed by atoms with Crippen LogP contribution in [-0.4, -0.2) is 40.1 Å². The van der Waals surface area contributed by atoms with Crippen LogP contribution >= 0.6 is 11.8 Å². The number of aromatic nitrogens is 3. The summed E-state index contributed by atoms with van der Waals surface area (Å²) < 4.78 is 13.0. The normalized spacial score (nSPS) is 10.6. The van der Waals surface area contributed by atoms with E-state index >= 15 is 0 Å². The molecular weight excluding hydrogens is 424 g/mol. The van der Waals surface area contributed by atoms with Crippen molar-refractivity contribution in [3.63, 3.8) is 0 Å². The highest BCUT2D eigenvalue weighted by Crippen LogP contribution is 2.20. The Labute approximate surface area is 192 Å². The molecule has 0 radical (unpaired) electrons. The quantitative estimate of drug-likeness (QED) is 0.247. The van der Waals surface area contributed by atoms with Crippen LogP contribution in [0.4, 0.5) is 5.69 Å². The van der Waals surface area contributed by atoms with E-state index in [4.69, 9.17) is 9.47 Å². The van der Waals surface area contributed by atoms with E-state index in [-0.39, 0.29) is 11.7 Å². The Morgan fingerprint density at radius 1 is 1.19 bits per heavy atom. The van der Waals surface area contributed by atoms with Crippen molar-refractivity contribution in [3.05, 3.63) is 72.6 Å². The Hall–Kier alpha value is -3.26. The first kappa shape index (κ1) is 23.4. The zero-order valence-corrected chi connectivity index (χ0v) is 19.2. The van der Waals surface area contributed by atoms with Crippen molar-refractivity contribution in [1.82, 2.24) is 14.8 Å². The molecule has 0 spiro atoms. The van der Waals surface area contributed by atoms with Crippen molar-refractivity contribution in [3.8, 4) is 11.5 Å². The minimum atomic E-state index is -0.110. The van der Waals surface area contributed by atoms with E-state index in [1.165, 1.54) is 11.8 Å². The van der Waals surface area contributed by atoms with Gasteiger partial charge in [-0.05, 0) is 49.2 Å². The van der Waals surface area contributed by atoms with Gasteiger partial charge in [0.05, 0.1) is 19.5 Å². The summed E-state index contributed by atoms with van der Waals surface area (Å²) in [5, 5.41) is 12.2. The monoisotopic (exact) mass is 452 g/mol. The van der Waals surface area contributed by atoms with Crippen LogP contribution in [0.15, 0.2) is 66.3 Å². The number of thioether (sulfide) groups is 1. The molecule has 3 rings (SSSR count). The molecule has 7 nitrogen and oxygen atoms in total. The number of methoxy groups -OCH3 is 1. The first-order valence-electron chi connectivity index (χ1n) is 10.4. The zero-order valence-electron chi connectivity index (χ0n) is 18.4. The molecule has 1 N–H and O–H groups in total. The second kappa shape index (κ2) is 12.0. The molecule has 0 unspecified atom stereocenters. The third-order valence-electron chi connectivity index (χ3n) is 4.71.